The minimum absolute atomic E-state index is 0.117. The molecule has 2 saturated heterocycles. The van der Waals surface area contributed by atoms with Crippen molar-refractivity contribution in [1.82, 2.24) is 10.2 Å². The van der Waals surface area contributed by atoms with Gasteiger partial charge in [0.15, 0.2) is 0 Å². The summed E-state index contributed by atoms with van der Waals surface area (Å²) in [5, 5.41) is 6.73. The van der Waals surface area contributed by atoms with Gasteiger partial charge in [-0.15, -0.1) is 0 Å². The number of carbonyl (C=O) groups is 1. The number of piperidine rings is 2. The molecule has 0 unspecified atom stereocenters. The van der Waals surface area contributed by atoms with Gasteiger partial charge in [0.25, 0.3) is 0 Å². The Hall–Kier alpha value is -1.26. The molecule has 4 nitrogen and oxygen atoms in total. The third-order valence-corrected chi connectivity index (χ3v) is 5.32. The van der Waals surface area contributed by atoms with Crippen LogP contribution in [0, 0.1) is 0 Å². The third-order valence-electron chi connectivity index (χ3n) is 5.06. The second-order valence-electron chi connectivity index (χ2n) is 7.05. The zero-order valence-electron chi connectivity index (χ0n) is 13.9. The van der Waals surface area contributed by atoms with Gasteiger partial charge in [-0.25, -0.2) is 4.79 Å². The van der Waals surface area contributed by atoms with E-state index in [2.05, 4.69) is 29.4 Å². The first-order valence-electron chi connectivity index (χ1n) is 8.63. The van der Waals surface area contributed by atoms with Crippen molar-refractivity contribution < 1.29 is 4.79 Å². The lowest BCUT2D eigenvalue weighted by Gasteiger charge is -2.51. The lowest BCUT2D eigenvalue weighted by Crippen LogP contribution is -2.59. The maximum absolute atomic E-state index is 12.2. The van der Waals surface area contributed by atoms with Crippen LogP contribution in [0.4, 0.5) is 10.5 Å². The van der Waals surface area contributed by atoms with Crippen LogP contribution < -0.4 is 10.6 Å². The topological polar surface area (TPSA) is 44.4 Å². The molecule has 0 aliphatic carbocycles. The first-order valence-corrected chi connectivity index (χ1v) is 9.01. The van der Waals surface area contributed by atoms with Gasteiger partial charge in [-0.05, 0) is 63.8 Å². The maximum atomic E-state index is 12.2. The highest BCUT2D eigenvalue weighted by atomic mass is 35.5. The number of amides is 2. The number of nitrogens with one attached hydrogen (secondary N) is 2. The SMILES string of the molecule is CC(C)N1[C@H]2CCC[C@H]1CC(NC(=O)Nc1ccc(Cl)cc1)C2. The Bertz CT molecular complexity index is 532. The number of urea groups is 1. The summed E-state index contributed by atoms with van der Waals surface area (Å²) in [6.45, 7) is 4.57. The van der Waals surface area contributed by atoms with E-state index in [1.54, 1.807) is 12.1 Å². The third kappa shape index (κ3) is 3.99. The van der Waals surface area contributed by atoms with Crippen molar-refractivity contribution in [2.45, 2.75) is 70.1 Å². The molecule has 2 aliphatic heterocycles. The van der Waals surface area contributed by atoms with Crippen LogP contribution in [-0.2, 0) is 0 Å². The van der Waals surface area contributed by atoms with Crippen molar-refractivity contribution in [3.8, 4) is 0 Å². The minimum Gasteiger partial charge on any atom is -0.335 e. The van der Waals surface area contributed by atoms with E-state index in [9.17, 15) is 4.79 Å². The van der Waals surface area contributed by atoms with Crippen LogP contribution in [-0.4, -0.2) is 35.1 Å². The van der Waals surface area contributed by atoms with Crippen molar-refractivity contribution in [2.24, 2.45) is 0 Å². The fourth-order valence-corrected chi connectivity index (χ4v) is 4.39. The molecule has 1 aromatic carbocycles. The van der Waals surface area contributed by atoms with Gasteiger partial charge in [0.1, 0.15) is 0 Å². The van der Waals surface area contributed by atoms with Gasteiger partial charge in [0, 0.05) is 34.9 Å². The number of hydrogen-bond acceptors (Lipinski definition) is 2. The quantitative estimate of drug-likeness (QED) is 0.867. The van der Waals surface area contributed by atoms with Crippen molar-refractivity contribution in [3.05, 3.63) is 29.3 Å². The van der Waals surface area contributed by atoms with Crippen molar-refractivity contribution in [3.63, 3.8) is 0 Å². The second kappa shape index (κ2) is 7.10. The fourth-order valence-electron chi connectivity index (χ4n) is 4.26. The first kappa shape index (κ1) is 16.6. The zero-order valence-corrected chi connectivity index (χ0v) is 14.6. The number of fused-ring (bicyclic) bond motifs is 2. The molecule has 126 valence electrons. The molecule has 2 fully saturated rings. The highest BCUT2D eigenvalue weighted by Gasteiger charge is 2.39. The summed E-state index contributed by atoms with van der Waals surface area (Å²) in [5.74, 6) is 0. The average Bonchev–Trinajstić information content (AvgIpc) is 2.48. The van der Waals surface area contributed by atoms with Gasteiger partial charge < -0.3 is 10.6 Å². The molecule has 2 bridgehead atoms. The number of carbonyl (C=O) groups excluding carboxylic acids is 1. The maximum Gasteiger partial charge on any atom is 0.319 e. The van der Waals surface area contributed by atoms with Crippen LogP contribution in [0.1, 0.15) is 46.0 Å². The molecule has 0 radical (unpaired) electrons. The molecule has 2 heterocycles. The highest BCUT2D eigenvalue weighted by molar-refractivity contribution is 6.30. The molecule has 2 amide bonds. The standard InChI is InChI=1S/C18H26ClN3O/c1-12(2)22-16-4-3-5-17(22)11-15(10-16)21-18(23)20-14-8-6-13(19)7-9-14/h6-9,12,15-17H,3-5,10-11H2,1-2H3,(H2,20,21,23)/t16-,17-/m0/s1. The van der Waals surface area contributed by atoms with E-state index >= 15 is 0 Å². The van der Waals surface area contributed by atoms with E-state index in [4.69, 9.17) is 11.6 Å². The van der Waals surface area contributed by atoms with Crippen molar-refractivity contribution in [1.29, 1.82) is 0 Å². The molecule has 23 heavy (non-hydrogen) atoms. The Morgan fingerprint density at radius 1 is 1.17 bits per heavy atom. The molecular weight excluding hydrogens is 310 g/mol. The van der Waals surface area contributed by atoms with Gasteiger partial charge >= 0.3 is 6.03 Å². The lowest BCUT2D eigenvalue weighted by molar-refractivity contribution is 0.00233. The molecule has 2 atom stereocenters. The fraction of sp³-hybridized carbons (Fsp3) is 0.611. The monoisotopic (exact) mass is 335 g/mol. The van der Waals surface area contributed by atoms with Crippen LogP contribution in [0.2, 0.25) is 5.02 Å². The van der Waals surface area contributed by atoms with Crippen LogP contribution in [0.5, 0.6) is 0 Å². The second-order valence-corrected chi connectivity index (χ2v) is 7.49. The summed E-state index contributed by atoms with van der Waals surface area (Å²) in [7, 11) is 0. The number of anilines is 1. The summed E-state index contributed by atoms with van der Waals surface area (Å²) in [6, 6.07) is 9.17. The summed E-state index contributed by atoms with van der Waals surface area (Å²) < 4.78 is 0. The van der Waals surface area contributed by atoms with E-state index in [-0.39, 0.29) is 12.1 Å². The Morgan fingerprint density at radius 2 is 1.78 bits per heavy atom. The predicted molar refractivity (Wildman–Crippen MR) is 95.0 cm³/mol. The Labute approximate surface area is 143 Å². The lowest BCUT2D eigenvalue weighted by atomic mass is 9.81. The summed E-state index contributed by atoms with van der Waals surface area (Å²) in [6.07, 6.45) is 5.95. The average molecular weight is 336 g/mol. The van der Waals surface area contributed by atoms with Crippen molar-refractivity contribution in [2.75, 3.05) is 5.32 Å². The van der Waals surface area contributed by atoms with Crippen LogP contribution in [0.3, 0.4) is 0 Å². The van der Waals surface area contributed by atoms with Crippen LogP contribution in [0.25, 0.3) is 0 Å². The smallest absolute Gasteiger partial charge is 0.319 e. The zero-order chi connectivity index (χ0) is 16.4. The molecule has 5 heteroatoms. The van der Waals surface area contributed by atoms with E-state index in [1.807, 2.05) is 12.1 Å². The van der Waals surface area contributed by atoms with Gasteiger partial charge in [-0.3, -0.25) is 4.90 Å². The molecule has 3 rings (SSSR count). The predicted octanol–water partition coefficient (Wildman–Crippen LogP) is 4.26. The molecular formula is C18H26ClN3O. The van der Waals surface area contributed by atoms with E-state index in [1.165, 1.54) is 19.3 Å². The van der Waals surface area contributed by atoms with E-state index < -0.39 is 0 Å². The van der Waals surface area contributed by atoms with Gasteiger partial charge in [-0.2, -0.15) is 0 Å². The van der Waals surface area contributed by atoms with Crippen LogP contribution in [0.15, 0.2) is 24.3 Å². The van der Waals surface area contributed by atoms with E-state index in [0.717, 1.165) is 18.5 Å². The molecule has 0 aromatic heterocycles. The minimum atomic E-state index is -0.117. The molecule has 2 N–H and O–H groups in total. The number of halogens is 1. The largest absolute Gasteiger partial charge is 0.335 e. The van der Waals surface area contributed by atoms with Crippen LogP contribution >= 0.6 is 11.6 Å². The molecule has 0 spiro atoms. The van der Waals surface area contributed by atoms with Gasteiger partial charge in [0.2, 0.25) is 0 Å². The molecule has 2 aliphatic rings. The summed E-state index contributed by atoms with van der Waals surface area (Å²) in [4.78, 5) is 14.9. The first-order chi connectivity index (χ1) is 11.0. The van der Waals surface area contributed by atoms with E-state index in [0.29, 0.717) is 23.1 Å². The normalized spacial score (nSPS) is 27.7. The number of hydrogen-bond donors (Lipinski definition) is 2. The Morgan fingerprint density at radius 3 is 2.35 bits per heavy atom. The summed E-state index contributed by atoms with van der Waals surface area (Å²) in [5.41, 5.74) is 0.770. The van der Waals surface area contributed by atoms with Crippen molar-refractivity contribution >= 4 is 23.3 Å². The summed E-state index contributed by atoms with van der Waals surface area (Å²) >= 11 is 5.86. The Kier molecular flexibility index (Phi) is 5.12. The molecule has 1 aromatic rings. The highest BCUT2D eigenvalue weighted by Crippen LogP contribution is 2.35. The number of rotatable bonds is 3. The van der Waals surface area contributed by atoms with Gasteiger partial charge in [0.05, 0.1) is 0 Å². The number of nitrogens with zero attached hydrogens (tertiary/aromatic N) is 1. The molecule has 0 saturated carbocycles. The Balaban J connectivity index is 1.56. The number of benzene rings is 1. The van der Waals surface area contributed by atoms with Gasteiger partial charge in [-0.1, -0.05) is 18.0 Å².